The van der Waals surface area contributed by atoms with Crippen LogP contribution in [0.25, 0.3) is 0 Å². The quantitative estimate of drug-likeness (QED) is 0.398. The number of aryl methyl sites for hydroxylation is 2. The Morgan fingerprint density at radius 1 is 0.912 bits per heavy atom. The molecule has 3 aromatic rings. The molecule has 34 heavy (non-hydrogen) atoms. The van der Waals surface area contributed by atoms with Gasteiger partial charge in [-0.25, -0.2) is 0 Å². The second kappa shape index (κ2) is 11.0. The van der Waals surface area contributed by atoms with Crippen molar-refractivity contribution in [1.82, 2.24) is 9.80 Å². The molecule has 0 bridgehead atoms. The summed E-state index contributed by atoms with van der Waals surface area (Å²) >= 11 is 0. The molecule has 2 atom stereocenters. The fourth-order valence-electron chi connectivity index (χ4n) is 5.26. The predicted octanol–water partition coefficient (Wildman–Crippen LogP) is 6.32. The standard InChI is InChI=1S/C31H38N2O/c1-23(2)18-33(31(34)28-15-13-24(3)14-16-28)21-29-20-32(19-26-10-8-9-25(4)17-26)22-30(29)27-11-6-5-7-12-27/h5-17,23,29-30H,18-22H2,1-4H3. The molecular weight excluding hydrogens is 416 g/mol. The van der Waals surface area contributed by atoms with Crippen LogP contribution < -0.4 is 0 Å². The smallest absolute Gasteiger partial charge is 0.253 e. The van der Waals surface area contributed by atoms with Crippen LogP contribution >= 0.6 is 0 Å². The van der Waals surface area contributed by atoms with Crippen molar-refractivity contribution in [3.63, 3.8) is 0 Å². The Labute approximate surface area is 205 Å². The number of benzene rings is 3. The van der Waals surface area contributed by atoms with Crippen LogP contribution in [0.15, 0.2) is 78.9 Å². The Morgan fingerprint density at radius 3 is 2.32 bits per heavy atom. The molecule has 1 saturated heterocycles. The lowest BCUT2D eigenvalue weighted by Gasteiger charge is -2.30. The number of nitrogens with zero attached hydrogens (tertiary/aromatic N) is 2. The van der Waals surface area contributed by atoms with Crippen LogP contribution in [0.4, 0.5) is 0 Å². The van der Waals surface area contributed by atoms with Crippen molar-refractivity contribution in [2.24, 2.45) is 11.8 Å². The summed E-state index contributed by atoms with van der Waals surface area (Å²) < 4.78 is 0. The van der Waals surface area contributed by atoms with E-state index in [4.69, 9.17) is 0 Å². The monoisotopic (exact) mass is 454 g/mol. The van der Waals surface area contributed by atoms with E-state index in [1.54, 1.807) is 0 Å². The molecule has 2 unspecified atom stereocenters. The summed E-state index contributed by atoms with van der Waals surface area (Å²) in [5.74, 6) is 1.40. The Kier molecular flexibility index (Phi) is 7.84. The summed E-state index contributed by atoms with van der Waals surface area (Å²) in [7, 11) is 0. The zero-order valence-corrected chi connectivity index (χ0v) is 21.1. The second-order valence-corrected chi connectivity index (χ2v) is 10.4. The number of hydrogen-bond acceptors (Lipinski definition) is 2. The third kappa shape index (κ3) is 6.15. The molecule has 3 nitrogen and oxygen atoms in total. The number of rotatable bonds is 8. The van der Waals surface area contributed by atoms with Crippen LogP contribution in [-0.2, 0) is 6.54 Å². The molecule has 0 aromatic heterocycles. The van der Waals surface area contributed by atoms with Gasteiger partial charge >= 0.3 is 0 Å². The van der Waals surface area contributed by atoms with Crippen LogP contribution in [0.2, 0.25) is 0 Å². The van der Waals surface area contributed by atoms with Crippen molar-refractivity contribution in [1.29, 1.82) is 0 Å². The Balaban J connectivity index is 1.56. The highest BCUT2D eigenvalue weighted by molar-refractivity contribution is 5.94. The predicted molar refractivity (Wildman–Crippen MR) is 141 cm³/mol. The van der Waals surface area contributed by atoms with Crippen LogP contribution in [0, 0.1) is 25.7 Å². The SMILES string of the molecule is Cc1ccc(C(=O)N(CC(C)C)CC2CN(Cc3cccc(C)c3)CC2c2ccccc2)cc1. The third-order valence-electron chi connectivity index (χ3n) is 6.86. The van der Waals surface area contributed by atoms with E-state index >= 15 is 0 Å². The summed E-state index contributed by atoms with van der Waals surface area (Å²) in [6.07, 6.45) is 0. The minimum atomic E-state index is 0.151. The van der Waals surface area contributed by atoms with Gasteiger partial charge in [-0.05, 0) is 48.9 Å². The van der Waals surface area contributed by atoms with E-state index in [-0.39, 0.29) is 5.91 Å². The molecule has 178 valence electrons. The Bertz CT molecular complexity index is 1070. The zero-order chi connectivity index (χ0) is 24.1. The Morgan fingerprint density at radius 2 is 1.65 bits per heavy atom. The van der Waals surface area contributed by atoms with Crippen LogP contribution in [0.3, 0.4) is 0 Å². The average Bonchev–Trinajstić information content (AvgIpc) is 3.21. The molecule has 0 aliphatic carbocycles. The van der Waals surface area contributed by atoms with Crippen molar-refractivity contribution in [2.45, 2.75) is 40.2 Å². The van der Waals surface area contributed by atoms with E-state index in [0.717, 1.165) is 38.3 Å². The highest BCUT2D eigenvalue weighted by Gasteiger charge is 2.36. The molecule has 4 rings (SSSR count). The van der Waals surface area contributed by atoms with Gasteiger partial charge in [0, 0.05) is 44.2 Å². The number of carbonyl (C=O) groups is 1. The highest BCUT2D eigenvalue weighted by Crippen LogP contribution is 2.34. The van der Waals surface area contributed by atoms with E-state index in [2.05, 4.69) is 92.1 Å². The lowest BCUT2D eigenvalue weighted by atomic mass is 9.88. The van der Waals surface area contributed by atoms with Gasteiger partial charge in [-0.2, -0.15) is 0 Å². The summed E-state index contributed by atoms with van der Waals surface area (Å²) in [6, 6.07) is 27.7. The first kappa shape index (κ1) is 24.2. The minimum Gasteiger partial charge on any atom is -0.338 e. The second-order valence-electron chi connectivity index (χ2n) is 10.4. The topological polar surface area (TPSA) is 23.6 Å². The first-order valence-electron chi connectivity index (χ1n) is 12.6. The summed E-state index contributed by atoms with van der Waals surface area (Å²) in [5, 5.41) is 0. The van der Waals surface area contributed by atoms with Gasteiger partial charge in [0.25, 0.3) is 5.91 Å². The lowest BCUT2D eigenvalue weighted by Crippen LogP contribution is -2.39. The largest absolute Gasteiger partial charge is 0.338 e. The van der Waals surface area contributed by atoms with Gasteiger partial charge in [0.1, 0.15) is 0 Å². The van der Waals surface area contributed by atoms with E-state index in [1.807, 2.05) is 24.3 Å². The number of carbonyl (C=O) groups excluding carboxylic acids is 1. The molecule has 3 aromatic carbocycles. The van der Waals surface area contributed by atoms with Gasteiger partial charge in [0.15, 0.2) is 0 Å². The fourth-order valence-corrected chi connectivity index (χ4v) is 5.26. The van der Waals surface area contributed by atoms with Crippen LogP contribution in [0.1, 0.15) is 52.4 Å². The minimum absolute atomic E-state index is 0.151. The first-order valence-corrected chi connectivity index (χ1v) is 12.6. The maximum absolute atomic E-state index is 13.5. The first-order chi connectivity index (χ1) is 16.4. The van der Waals surface area contributed by atoms with Crippen molar-refractivity contribution >= 4 is 5.91 Å². The summed E-state index contributed by atoms with van der Waals surface area (Å²) in [4.78, 5) is 18.2. The third-order valence-corrected chi connectivity index (χ3v) is 6.86. The van der Waals surface area contributed by atoms with Crippen LogP contribution in [-0.4, -0.2) is 41.9 Å². The molecule has 1 aliphatic rings. The summed E-state index contributed by atoms with van der Waals surface area (Å²) in [6.45, 7) is 13.2. The maximum Gasteiger partial charge on any atom is 0.253 e. The molecule has 0 spiro atoms. The normalized spacial score (nSPS) is 18.4. The van der Waals surface area contributed by atoms with E-state index in [9.17, 15) is 4.79 Å². The van der Waals surface area contributed by atoms with Crippen molar-refractivity contribution in [3.8, 4) is 0 Å². The van der Waals surface area contributed by atoms with Gasteiger partial charge in [0.05, 0.1) is 0 Å². The van der Waals surface area contributed by atoms with Crippen molar-refractivity contribution < 1.29 is 4.79 Å². The highest BCUT2D eigenvalue weighted by atomic mass is 16.2. The Hall–Kier alpha value is -2.91. The molecule has 1 fully saturated rings. The fraction of sp³-hybridized carbons (Fsp3) is 0.387. The molecule has 0 radical (unpaired) electrons. The van der Waals surface area contributed by atoms with Gasteiger partial charge in [0.2, 0.25) is 0 Å². The van der Waals surface area contributed by atoms with Gasteiger partial charge in [-0.3, -0.25) is 9.69 Å². The van der Waals surface area contributed by atoms with Crippen molar-refractivity contribution in [3.05, 3.63) is 107 Å². The van der Waals surface area contributed by atoms with Gasteiger partial charge in [-0.15, -0.1) is 0 Å². The average molecular weight is 455 g/mol. The molecule has 3 heteroatoms. The van der Waals surface area contributed by atoms with Gasteiger partial charge in [-0.1, -0.05) is 91.7 Å². The summed E-state index contributed by atoms with van der Waals surface area (Å²) in [5.41, 5.74) is 6.02. The zero-order valence-electron chi connectivity index (χ0n) is 21.1. The van der Waals surface area contributed by atoms with Gasteiger partial charge < -0.3 is 4.90 Å². The van der Waals surface area contributed by atoms with Crippen molar-refractivity contribution in [2.75, 3.05) is 26.2 Å². The molecular formula is C31H38N2O. The maximum atomic E-state index is 13.5. The molecule has 1 aliphatic heterocycles. The number of hydrogen-bond donors (Lipinski definition) is 0. The molecule has 1 heterocycles. The molecule has 0 saturated carbocycles. The molecule has 0 N–H and O–H groups in total. The lowest BCUT2D eigenvalue weighted by molar-refractivity contribution is 0.0703. The van der Waals surface area contributed by atoms with Crippen LogP contribution in [0.5, 0.6) is 0 Å². The van der Waals surface area contributed by atoms with E-state index in [1.165, 1.54) is 22.3 Å². The van der Waals surface area contributed by atoms with E-state index < -0.39 is 0 Å². The molecule has 1 amide bonds. The number of amides is 1. The van der Waals surface area contributed by atoms with E-state index in [0.29, 0.717) is 17.8 Å². The number of likely N-dealkylation sites (tertiary alicyclic amines) is 1.